The Bertz CT molecular complexity index is 594. The number of aromatic nitrogens is 1. The third-order valence-electron chi connectivity index (χ3n) is 2.67. The SMILES string of the molecule is CCc1ccccc1NC(=O)c1cc(F)nc(F)c1. The van der Waals surface area contributed by atoms with Gasteiger partial charge in [0.05, 0.1) is 0 Å². The molecule has 1 N–H and O–H groups in total. The summed E-state index contributed by atoms with van der Waals surface area (Å²) in [7, 11) is 0. The van der Waals surface area contributed by atoms with Gasteiger partial charge in [0.15, 0.2) is 0 Å². The average Bonchev–Trinajstić information content (AvgIpc) is 2.38. The molecule has 0 aliphatic rings. The van der Waals surface area contributed by atoms with E-state index in [1.807, 2.05) is 19.1 Å². The van der Waals surface area contributed by atoms with Crippen molar-refractivity contribution in [3.63, 3.8) is 0 Å². The van der Waals surface area contributed by atoms with Crippen LogP contribution in [0.25, 0.3) is 0 Å². The zero-order valence-electron chi connectivity index (χ0n) is 10.3. The highest BCUT2D eigenvalue weighted by molar-refractivity contribution is 6.04. The maximum atomic E-state index is 12.9. The number of nitrogens with zero attached hydrogens (tertiary/aromatic N) is 1. The summed E-state index contributed by atoms with van der Waals surface area (Å²) in [5.41, 5.74) is 1.48. The van der Waals surface area contributed by atoms with Crippen molar-refractivity contribution in [3.05, 3.63) is 59.4 Å². The molecule has 0 unspecified atom stereocenters. The molecule has 1 amide bonds. The number of para-hydroxylation sites is 1. The fourth-order valence-corrected chi connectivity index (χ4v) is 1.74. The van der Waals surface area contributed by atoms with Crippen LogP contribution in [0, 0.1) is 11.9 Å². The second-order valence-corrected chi connectivity index (χ2v) is 3.97. The van der Waals surface area contributed by atoms with Crippen LogP contribution >= 0.6 is 0 Å². The lowest BCUT2D eigenvalue weighted by atomic mass is 10.1. The Hall–Kier alpha value is -2.30. The minimum atomic E-state index is -1.02. The molecule has 1 heterocycles. The first-order chi connectivity index (χ1) is 9.10. The largest absolute Gasteiger partial charge is 0.322 e. The number of nitrogens with one attached hydrogen (secondary N) is 1. The minimum absolute atomic E-state index is 0.101. The van der Waals surface area contributed by atoms with Gasteiger partial charge in [-0.2, -0.15) is 13.8 Å². The molecule has 19 heavy (non-hydrogen) atoms. The van der Waals surface area contributed by atoms with E-state index in [1.165, 1.54) is 0 Å². The molecule has 0 radical (unpaired) electrons. The topological polar surface area (TPSA) is 42.0 Å². The van der Waals surface area contributed by atoms with Crippen molar-refractivity contribution in [2.75, 3.05) is 5.32 Å². The molecular formula is C14H12F2N2O. The number of hydrogen-bond donors (Lipinski definition) is 1. The van der Waals surface area contributed by atoms with Gasteiger partial charge in [-0.05, 0) is 18.1 Å². The number of carbonyl (C=O) groups is 1. The summed E-state index contributed by atoms with van der Waals surface area (Å²) in [5, 5.41) is 2.63. The fourth-order valence-electron chi connectivity index (χ4n) is 1.74. The van der Waals surface area contributed by atoms with Crippen LogP contribution in [0.4, 0.5) is 14.5 Å². The monoisotopic (exact) mass is 262 g/mol. The van der Waals surface area contributed by atoms with E-state index in [4.69, 9.17) is 0 Å². The van der Waals surface area contributed by atoms with Gasteiger partial charge in [0.2, 0.25) is 11.9 Å². The highest BCUT2D eigenvalue weighted by Gasteiger charge is 2.11. The van der Waals surface area contributed by atoms with Crippen LogP contribution in [-0.2, 0) is 6.42 Å². The van der Waals surface area contributed by atoms with Crippen LogP contribution in [0.5, 0.6) is 0 Å². The van der Waals surface area contributed by atoms with Crippen LogP contribution in [0.1, 0.15) is 22.8 Å². The molecule has 0 saturated heterocycles. The van der Waals surface area contributed by atoms with Crippen molar-refractivity contribution in [2.24, 2.45) is 0 Å². The summed E-state index contributed by atoms with van der Waals surface area (Å²) in [6, 6.07) is 9.05. The molecule has 5 heteroatoms. The summed E-state index contributed by atoms with van der Waals surface area (Å²) in [6.07, 6.45) is 0.746. The lowest BCUT2D eigenvalue weighted by molar-refractivity contribution is 0.102. The quantitative estimate of drug-likeness (QED) is 0.863. The van der Waals surface area contributed by atoms with Gasteiger partial charge in [0.25, 0.3) is 5.91 Å². The van der Waals surface area contributed by atoms with Crippen molar-refractivity contribution >= 4 is 11.6 Å². The Balaban J connectivity index is 2.25. The van der Waals surface area contributed by atoms with E-state index in [0.29, 0.717) is 5.69 Å². The summed E-state index contributed by atoms with van der Waals surface area (Å²) >= 11 is 0. The third-order valence-corrected chi connectivity index (χ3v) is 2.67. The summed E-state index contributed by atoms with van der Waals surface area (Å²) in [4.78, 5) is 14.9. The molecule has 1 aromatic carbocycles. The lowest BCUT2D eigenvalue weighted by Gasteiger charge is -2.09. The number of carbonyl (C=O) groups excluding carboxylic acids is 1. The highest BCUT2D eigenvalue weighted by Crippen LogP contribution is 2.17. The molecule has 0 saturated carbocycles. The molecule has 0 atom stereocenters. The maximum Gasteiger partial charge on any atom is 0.255 e. The van der Waals surface area contributed by atoms with Gasteiger partial charge >= 0.3 is 0 Å². The van der Waals surface area contributed by atoms with Crippen molar-refractivity contribution in [1.82, 2.24) is 4.98 Å². The number of pyridine rings is 1. The highest BCUT2D eigenvalue weighted by atomic mass is 19.1. The Morgan fingerprint density at radius 1 is 1.21 bits per heavy atom. The van der Waals surface area contributed by atoms with Crippen LogP contribution in [-0.4, -0.2) is 10.9 Å². The van der Waals surface area contributed by atoms with Crippen LogP contribution in [0.3, 0.4) is 0 Å². The van der Waals surface area contributed by atoms with E-state index >= 15 is 0 Å². The molecule has 0 spiro atoms. The zero-order chi connectivity index (χ0) is 13.8. The molecule has 98 valence electrons. The molecule has 0 aliphatic carbocycles. The molecule has 2 aromatic rings. The first-order valence-corrected chi connectivity index (χ1v) is 5.82. The molecular weight excluding hydrogens is 250 g/mol. The van der Waals surface area contributed by atoms with E-state index in [0.717, 1.165) is 24.1 Å². The molecule has 0 bridgehead atoms. The van der Waals surface area contributed by atoms with E-state index < -0.39 is 17.8 Å². The van der Waals surface area contributed by atoms with E-state index in [9.17, 15) is 13.6 Å². The number of aryl methyl sites for hydroxylation is 1. The zero-order valence-corrected chi connectivity index (χ0v) is 10.3. The molecule has 1 aromatic heterocycles. The first-order valence-electron chi connectivity index (χ1n) is 5.82. The Labute approximate surface area is 109 Å². The Morgan fingerprint density at radius 2 is 1.84 bits per heavy atom. The molecule has 3 nitrogen and oxygen atoms in total. The second kappa shape index (κ2) is 5.56. The van der Waals surface area contributed by atoms with Crippen LogP contribution in [0.2, 0.25) is 0 Å². The number of hydrogen-bond acceptors (Lipinski definition) is 2. The van der Waals surface area contributed by atoms with Gasteiger partial charge in [-0.25, -0.2) is 0 Å². The van der Waals surface area contributed by atoms with E-state index in [-0.39, 0.29) is 5.56 Å². The van der Waals surface area contributed by atoms with E-state index in [2.05, 4.69) is 10.3 Å². The predicted molar refractivity (Wildman–Crippen MR) is 67.9 cm³/mol. The lowest BCUT2D eigenvalue weighted by Crippen LogP contribution is -2.14. The molecule has 0 aliphatic heterocycles. The number of rotatable bonds is 3. The van der Waals surface area contributed by atoms with Gasteiger partial charge in [0, 0.05) is 23.4 Å². The van der Waals surface area contributed by atoms with Crippen molar-refractivity contribution < 1.29 is 13.6 Å². The number of halogens is 2. The average molecular weight is 262 g/mol. The summed E-state index contributed by atoms with van der Waals surface area (Å²) in [5.74, 6) is -2.61. The number of amides is 1. The first kappa shape index (κ1) is 13.1. The second-order valence-electron chi connectivity index (χ2n) is 3.97. The molecule has 2 rings (SSSR count). The van der Waals surface area contributed by atoms with Crippen LogP contribution in [0.15, 0.2) is 36.4 Å². The maximum absolute atomic E-state index is 12.9. The van der Waals surface area contributed by atoms with Crippen molar-refractivity contribution in [2.45, 2.75) is 13.3 Å². The Kier molecular flexibility index (Phi) is 3.85. The van der Waals surface area contributed by atoms with Gasteiger partial charge in [-0.3, -0.25) is 4.79 Å². The van der Waals surface area contributed by atoms with Gasteiger partial charge in [-0.15, -0.1) is 0 Å². The van der Waals surface area contributed by atoms with Gasteiger partial charge in [-0.1, -0.05) is 25.1 Å². The smallest absolute Gasteiger partial charge is 0.255 e. The summed E-state index contributed by atoms with van der Waals surface area (Å²) in [6.45, 7) is 1.96. The van der Waals surface area contributed by atoms with Crippen molar-refractivity contribution in [3.8, 4) is 0 Å². The normalized spacial score (nSPS) is 10.3. The van der Waals surface area contributed by atoms with Gasteiger partial charge in [0.1, 0.15) is 0 Å². The number of anilines is 1. The predicted octanol–water partition coefficient (Wildman–Crippen LogP) is 3.17. The standard InChI is InChI=1S/C14H12F2N2O/c1-2-9-5-3-4-6-11(9)17-14(19)10-7-12(15)18-13(16)8-10/h3-8H,2H2,1H3,(H,17,19). The number of benzene rings is 1. The summed E-state index contributed by atoms with van der Waals surface area (Å²) < 4.78 is 25.9. The van der Waals surface area contributed by atoms with Gasteiger partial charge < -0.3 is 5.32 Å². The Morgan fingerprint density at radius 3 is 2.47 bits per heavy atom. The minimum Gasteiger partial charge on any atom is -0.322 e. The fraction of sp³-hybridized carbons (Fsp3) is 0.143. The van der Waals surface area contributed by atoms with Crippen molar-refractivity contribution in [1.29, 1.82) is 0 Å². The molecule has 0 fully saturated rings. The van der Waals surface area contributed by atoms with E-state index in [1.54, 1.807) is 12.1 Å². The van der Waals surface area contributed by atoms with Crippen LogP contribution < -0.4 is 5.32 Å². The third kappa shape index (κ3) is 3.13.